The highest BCUT2D eigenvalue weighted by Crippen LogP contribution is 2.18. The van der Waals surface area contributed by atoms with Crippen molar-refractivity contribution in [1.82, 2.24) is 0 Å². The van der Waals surface area contributed by atoms with Gasteiger partial charge >= 0.3 is 0 Å². The topological polar surface area (TPSA) is 58.2 Å². The van der Waals surface area contributed by atoms with Crippen LogP contribution in [0.4, 0.5) is 11.4 Å². The zero-order valence-electron chi connectivity index (χ0n) is 10.7. The first kappa shape index (κ1) is 14.7. The van der Waals surface area contributed by atoms with Crippen LogP contribution in [0.3, 0.4) is 0 Å². The monoisotopic (exact) mass is 312 g/mol. The third-order valence-electron chi connectivity index (χ3n) is 2.29. The number of rotatable bonds is 4. The third-order valence-corrected chi connectivity index (χ3v) is 3.76. The van der Waals surface area contributed by atoms with Crippen molar-refractivity contribution < 1.29 is 9.59 Å². The highest BCUT2D eigenvalue weighted by Gasteiger charge is 2.18. The van der Waals surface area contributed by atoms with Crippen LogP contribution in [-0.4, -0.2) is 16.6 Å². The van der Waals surface area contributed by atoms with Crippen molar-refractivity contribution in [2.45, 2.75) is 25.6 Å². The number of alkyl halides is 1. The van der Waals surface area contributed by atoms with Gasteiger partial charge in [-0.25, -0.2) is 0 Å². The lowest BCUT2D eigenvalue weighted by Gasteiger charge is -2.14. The summed E-state index contributed by atoms with van der Waals surface area (Å²) in [6.45, 7) is 5.37. The molecule has 2 N–H and O–H groups in total. The van der Waals surface area contributed by atoms with E-state index >= 15 is 0 Å². The molecule has 1 aromatic rings. The van der Waals surface area contributed by atoms with Crippen molar-refractivity contribution in [2.24, 2.45) is 5.92 Å². The molecule has 2 amide bonds. The quantitative estimate of drug-likeness (QED) is 0.840. The van der Waals surface area contributed by atoms with Crippen molar-refractivity contribution in [3.63, 3.8) is 0 Å². The van der Waals surface area contributed by atoms with Crippen LogP contribution in [-0.2, 0) is 9.59 Å². The molecule has 0 fully saturated rings. The second-order valence-electron chi connectivity index (χ2n) is 4.40. The average molecular weight is 313 g/mol. The minimum atomic E-state index is -0.234. The van der Waals surface area contributed by atoms with Crippen molar-refractivity contribution >= 4 is 39.1 Å². The van der Waals surface area contributed by atoms with Gasteiger partial charge in [0.25, 0.3) is 0 Å². The molecule has 0 radical (unpaired) electrons. The molecule has 1 aromatic carbocycles. The van der Waals surface area contributed by atoms with Crippen molar-refractivity contribution in [3.05, 3.63) is 24.3 Å². The number of amides is 2. The second kappa shape index (κ2) is 6.54. The number of carbonyl (C=O) groups excluding carboxylic acids is 2. The Morgan fingerprint density at radius 1 is 1.17 bits per heavy atom. The van der Waals surface area contributed by atoms with Crippen molar-refractivity contribution in [2.75, 3.05) is 10.6 Å². The lowest BCUT2D eigenvalue weighted by Crippen LogP contribution is -2.27. The summed E-state index contributed by atoms with van der Waals surface area (Å²) in [4.78, 5) is 22.5. The lowest BCUT2D eigenvalue weighted by atomic mass is 10.1. The van der Waals surface area contributed by atoms with E-state index in [2.05, 4.69) is 26.6 Å². The first-order valence-corrected chi connectivity index (χ1v) is 6.64. The standard InChI is InChI=1S/C13H17BrN2O2/c1-8(2)12(14)13(18)16-11-6-4-5-10(7-11)15-9(3)17/h4-8,12H,1-3H3,(H,15,17)(H,16,18)/t12-/m1/s1. The predicted molar refractivity (Wildman–Crippen MR) is 76.9 cm³/mol. The third kappa shape index (κ3) is 4.49. The Hall–Kier alpha value is -1.36. The number of halogens is 1. The summed E-state index contributed by atoms with van der Waals surface area (Å²) in [6.07, 6.45) is 0. The van der Waals surface area contributed by atoms with Crippen LogP contribution < -0.4 is 10.6 Å². The fraction of sp³-hybridized carbons (Fsp3) is 0.385. The van der Waals surface area contributed by atoms with Gasteiger partial charge in [0.15, 0.2) is 0 Å². The molecule has 18 heavy (non-hydrogen) atoms. The van der Waals surface area contributed by atoms with E-state index < -0.39 is 0 Å². The number of nitrogens with one attached hydrogen (secondary N) is 2. The molecular weight excluding hydrogens is 296 g/mol. The zero-order valence-corrected chi connectivity index (χ0v) is 12.2. The van der Waals surface area contributed by atoms with Crippen LogP contribution in [0.5, 0.6) is 0 Å². The van der Waals surface area contributed by atoms with Crippen molar-refractivity contribution in [1.29, 1.82) is 0 Å². The number of anilines is 2. The molecule has 98 valence electrons. The van der Waals surface area contributed by atoms with Gasteiger partial charge in [0, 0.05) is 18.3 Å². The second-order valence-corrected chi connectivity index (χ2v) is 5.38. The van der Waals surface area contributed by atoms with E-state index in [1.807, 2.05) is 13.8 Å². The van der Waals surface area contributed by atoms with Gasteiger partial charge in [0.05, 0.1) is 4.83 Å². The summed E-state index contributed by atoms with van der Waals surface area (Å²) in [6, 6.07) is 7.05. The lowest BCUT2D eigenvalue weighted by molar-refractivity contribution is -0.116. The maximum Gasteiger partial charge on any atom is 0.238 e. The summed E-state index contributed by atoms with van der Waals surface area (Å²) in [5.74, 6) is -0.0208. The fourth-order valence-electron chi connectivity index (χ4n) is 1.39. The summed E-state index contributed by atoms with van der Waals surface area (Å²) in [5.41, 5.74) is 1.33. The van der Waals surface area contributed by atoms with E-state index in [9.17, 15) is 9.59 Å². The molecule has 0 aliphatic heterocycles. The van der Waals surface area contributed by atoms with Gasteiger partial charge in [0.1, 0.15) is 0 Å². The normalized spacial score (nSPS) is 12.1. The summed E-state index contributed by atoms with van der Waals surface area (Å²) >= 11 is 3.34. The molecule has 5 heteroatoms. The van der Waals surface area contributed by atoms with Crippen LogP contribution in [0.15, 0.2) is 24.3 Å². The minimum Gasteiger partial charge on any atom is -0.326 e. The van der Waals surface area contributed by atoms with Crippen LogP contribution in [0.2, 0.25) is 0 Å². The van der Waals surface area contributed by atoms with E-state index in [-0.39, 0.29) is 22.6 Å². The average Bonchev–Trinajstić information content (AvgIpc) is 2.27. The highest BCUT2D eigenvalue weighted by atomic mass is 79.9. The maximum atomic E-state index is 11.8. The maximum absolute atomic E-state index is 11.8. The molecule has 0 saturated heterocycles. The van der Waals surface area contributed by atoms with Crippen LogP contribution in [0.1, 0.15) is 20.8 Å². The molecule has 1 rings (SSSR count). The van der Waals surface area contributed by atoms with Gasteiger partial charge < -0.3 is 10.6 Å². The van der Waals surface area contributed by atoms with Crippen LogP contribution >= 0.6 is 15.9 Å². The number of hydrogen-bond donors (Lipinski definition) is 2. The SMILES string of the molecule is CC(=O)Nc1cccc(NC(=O)[C@H](Br)C(C)C)c1. The molecule has 0 aliphatic carbocycles. The summed E-state index contributed by atoms with van der Waals surface area (Å²) in [5, 5.41) is 5.47. The first-order chi connectivity index (χ1) is 8.40. The Kier molecular flexibility index (Phi) is 5.34. The number of carbonyl (C=O) groups is 2. The Balaban J connectivity index is 2.73. The number of benzene rings is 1. The van der Waals surface area contributed by atoms with Gasteiger partial charge in [-0.1, -0.05) is 35.8 Å². The molecule has 0 spiro atoms. The van der Waals surface area contributed by atoms with E-state index in [0.29, 0.717) is 11.4 Å². The smallest absolute Gasteiger partial charge is 0.238 e. The Morgan fingerprint density at radius 2 is 1.72 bits per heavy atom. The molecule has 0 saturated carbocycles. The molecule has 4 nitrogen and oxygen atoms in total. The van der Waals surface area contributed by atoms with Gasteiger partial charge in [-0.05, 0) is 24.1 Å². The van der Waals surface area contributed by atoms with E-state index in [4.69, 9.17) is 0 Å². The van der Waals surface area contributed by atoms with Crippen LogP contribution in [0.25, 0.3) is 0 Å². The highest BCUT2D eigenvalue weighted by molar-refractivity contribution is 9.10. The summed E-state index contributed by atoms with van der Waals surface area (Å²) < 4.78 is 0. The van der Waals surface area contributed by atoms with E-state index in [0.717, 1.165) is 0 Å². The van der Waals surface area contributed by atoms with Gasteiger partial charge in [-0.2, -0.15) is 0 Å². The zero-order chi connectivity index (χ0) is 13.7. The van der Waals surface area contributed by atoms with E-state index in [1.165, 1.54) is 6.92 Å². The van der Waals surface area contributed by atoms with Gasteiger partial charge in [0.2, 0.25) is 11.8 Å². The molecule has 1 atom stereocenters. The van der Waals surface area contributed by atoms with Crippen molar-refractivity contribution in [3.8, 4) is 0 Å². The largest absolute Gasteiger partial charge is 0.326 e. The molecule has 0 aromatic heterocycles. The Labute approximate surface area is 115 Å². The Bertz CT molecular complexity index is 446. The molecule has 0 bridgehead atoms. The molecule has 0 unspecified atom stereocenters. The summed E-state index contributed by atoms with van der Waals surface area (Å²) in [7, 11) is 0. The minimum absolute atomic E-state index is 0.0926. The fourth-order valence-corrected chi connectivity index (χ4v) is 1.51. The van der Waals surface area contributed by atoms with Gasteiger partial charge in [-0.3, -0.25) is 9.59 Å². The first-order valence-electron chi connectivity index (χ1n) is 5.72. The molecule has 0 heterocycles. The predicted octanol–water partition coefficient (Wildman–Crippen LogP) is 3.00. The molecule has 0 aliphatic rings. The van der Waals surface area contributed by atoms with Gasteiger partial charge in [-0.15, -0.1) is 0 Å². The molecular formula is C13H17BrN2O2. The van der Waals surface area contributed by atoms with E-state index in [1.54, 1.807) is 24.3 Å². The Morgan fingerprint density at radius 3 is 2.22 bits per heavy atom. The number of hydrogen-bond acceptors (Lipinski definition) is 2. The van der Waals surface area contributed by atoms with Crippen LogP contribution in [0, 0.1) is 5.92 Å².